The minimum atomic E-state index is -3.63. The van der Waals surface area contributed by atoms with E-state index in [1.165, 1.54) is 41.7 Å². The van der Waals surface area contributed by atoms with Crippen LogP contribution in [-0.2, 0) is 14.8 Å². The van der Waals surface area contributed by atoms with Crippen molar-refractivity contribution in [1.29, 1.82) is 0 Å². The Morgan fingerprint density at radius 2 is 1.88 bits per heavy atom. The van der Waals surface area contributed by atoms with Gasteiger partial charge in [0, 0.05) is 32.2 Å². The van der Waals surface area contributed by atoms with Crippen LogP contribution in [0.2, 0.25) is 0 Å². The lowest BCUT2D eigenvalue weighted by Gasteiger charge is -2.17. The molecule has 0 heterocycles. The molecule has 1 saturated carbocycles. The lowest BCUT2D eigenvalue weighted by Crippen LogP contribution is -2.31. The average Bonchev–Trinajstić information content (AvgIpc) is 3.47. The molecule has 1 aromatic rings. The van der Waals surface area contributed by atoms with E-state index in [9.17, 15) is 18.0 Å². The summed E-state index contributed by atoms with van der Waals surface area (Å²) in [5, 5.41) is 5.45. The van der Waals surface area contributed by atoms with Crippen LogP contribution < -0.4 is 10.6 Å². The number of hydrogen-bond acceptors (Lipinski definition) is 4. The minimum absolute atomic E-state index is 0.133. The van der Waals surface area contributed by atoms with Crippen molar-refractivity contribution in [3.05, 3.63) is 42.5 Å². The minimum Gasteiger partial charge on any atom is -0.353 e. The van der Waals surface area contributed by atoms with Crippen molar-refractivity contribution in [3.8, 4) is 0 Å². The van der Waals surface area contributed by atoms with E-state index >= 15 is 0 Å². The number of benzene rings is 1. The zero-order valence-electron chi connectivity index (χ0n) is 14.9. The quantitative estimate of drug-likeness (QED) is 0.471. The number of nitrogens with zero attached hydrogens (tertiary/aromatic N) is 1. The monoisotopic (exact) mass is 379 g/mol. The van der Waals surface area contributed by atoms with Gasteiger partial charge in [-0.05, 0) is 55.5 Å². The molecule has 1 aliphatic carbocycles. The average molecular weight is 379 g/mol. The van der Waals surface area contributed by atoms with Gasteiger partial charge in [-0.3, -0.25) is 9.59 Å². The van der Waals surface area contributed by atoms with Gasteiger partial charge in [0.25, 0.3) is 5.91 Å². The summed E-state index contributed by atoms with van der Waals surface area (Å²) >= 11 is 0. The number of rotatable bonds is 10. The van der Waals surface area contributed by atoms with Crippen molar-refractivity contribution in [2.45, 2.75) is 24.2 Å². The van der Waals surface area contributed by atoms with Crippen molar-refractivity contribution in [1.82, 2.24) is 14.9 Å². The van der Waals surface area contributed by atoms with Gasteiger partial charge >= 0.3 is 0 Å². The lowest BCUT2D eigenvalue weighted by atomic mass is 10.2. The molecular formula is C18H25N3O4S. The Morgan fingerprint density at radius 3 is 2.46 bits per heavy atom. The smallest absolute Gasteiger partial charge is 0.251 e. The molecule has 1 aromatic carbocycles. The maximum absolute atomic E-state index is 12.5. The Labute approximate surface area is 154 Å². The van der Waals surface area contributed by atoms with Crippen LogP contribution >= 0.6 is 0 Å². The van der Waals surface area contributed by atoms with Gasteiger partial charge in [0.2, 0.25) is 15.9 Å². The summed E-state index contributed by atoms with van der Waals surface area (Å²) in [7, 11) is -2.15. The molecule has 0 aliphatic heterocycles. The summed E-state index contributed by atoms with van der Waals surface area (Å²) in [6.07, 6.45) is 3.96. The van der Waals surface area contributed by atoms with Crippen LogP contribution in [0.1, 0.15) is 29.6 Å². The fraction of sp³-hybridized carbons (Fsp3) is 0.444. The highest BCUT2D eigenvalue weighted by Crippen LogP contribution is 2.27. The topological polar surface area (TPSA) is 95.6 Å². The van der Waals surface area contributed by atoms with Gasteiger partial charge in [-0.2, -0.15) is 0 Å². The van der Waals surface area contributed by atoms with Crippen molar-refractivity contribution in [3.63, 3.8) is 0 Å². The molecule has 2 amide bonds. The molecule has 0 radical (unpaired) electrons. The largest absolute Gasteiger partial charge is 0.353 e. The highest BCUT2D eigenvalue weighted by molar-refractivity contribution is 7.89. The first-order valence-electron chi connectivity index (χ1n) is 8.59. The second-order valence-electron chi connectivity index (χ2n) is 6.35. The summed E-state index contributed by atoms with van der Waals surface area (Å²) in [6, 6.07) is 5.93. The Morgan fingerprint density at radius 1 is 1.23 bits per heavy atom. The third-order valence-corrected chi connectivity index (χ3v) is 6.08. The molecule has 0 saturated heterocycles. The van der Waals surface area contributed by atoms with Gasteiger partial charge in [0.1, 0.15) is 0 Å². The standard InChI is InChI=1S/C18H25N3O4S/c1-3-17(22)19-11-4-12-21(2)26(24,25)16-9-7-15(8-10-16)18(23)20-13-14-5-6-14/h3,7-10,14H,1,4-6,11-13H2,2H3,(H,19,22)(H,20,23). The van der Waals surface area contributed by atoms with Crippen LogP contribution in [0.25, 0.3) is 0 Å². The Bertz CT molecular complexity index is 755. The van der Waals surface area contributed by atoms with Crippen LogP contribution in [0.4, 0.5) is 0 Å². The number of nitrogens with one attached hydrogen (secondary N) is 2. The number of carbonyl (C=O) groups is 2. The fourth-order valence-electron chi connectivity index (χ4n) is 2.32. The van der Waals surface area contributed by atoms with E-state index in [-0.39, 0.29) is 23.3 Å². The van der Waals surface area contributed by atoms with Crippen LogP contribution in [0, 0.1) is 5.92 Å². The third kappa shape index (κ3) is 5.67. The number of sulfonamides is 1. The summed E-state index contributed by atoms with van der Waals surface area (Å²) in [6.45, 7) is 4.65. The fourth-order valence-corrected chi connectivity index (χ4v) is 3.53. The van der Waals surface area contributed by atoms with Crippen LogP contribution in [0.15, 0.2) is 41.8 Å². The van der Waals surface area contributed by atoms with Crippen molar-refractivity contribution >= 4 is 21.8 Å². The van der Waals surface area contributed by atoms with Crippen molar-refractivity contribution in [2.24, 2.45) is 5.92 Å². The SMILES string of the molecule is C=CC(=O)NCCCN(C)S(=O)(=O)c1ccc(C(=O)NCC2CC2)cc1. The van der Waals surface area contributed by atoms with Gasteiger partial charge in [-0.15, -0.1) is 0 Å². The number of amides is 2. The maximum Gasteiger partial charge on any atom is 0.251 e. The third-order valence-electron chi connectivity index (χ3n) is 4.21. The van der Waals surface area contributed by atoms with Gasteiger partial charge < -0.3 is 10.6 Å². The first-order valence-corrected chi connectivity index (χ1v) is 10.0. The van der Waals surface area contributed by atoms with Gasteiger partial charge in [-0.1, -0.05) is 6.58 Å². The Kier molecular flexibility index (Phi) is 6.93. The molecule has 1 aliphatic rings. The zero-order chi connectivity index (χ0) is 19.2. The van der Waals surface area contributed by atoms with E-state index in [1.54, 1.807) is 0 Å². The van der Waals surface area contributed by atoms with E-state index < -0.39 is 10.0 Å². The van der Waals surface area contributed by atoms with E-state index in [0.29, 0.717) is 31.0 Å². The van der Waals surface area contributed by atoms with Crippen molar-refractivity contribution < 1.29 is 18.0 Å². The molecular weight excluding hydrogens is 354 g/mol. The molecule has 142 valence electrons. The zero-order valence-corrected chi connectivity index (χ0v) is 15.7. The summed E-state index contributed by atoms with van der Waals surface area (Å²) in [5.74, 6) is 0.113. The normalized spacial score (nSPS) is 14.1. The molecule has 0 unspecified atom stereocenters. The van der Waals surface area contributed by atoms with Crippen LogP contribution in [0.5, 0.6) is 0 Å². The molecule has 7 nitrogen and oxygen atoms in total. The summed E-state index contributed by atoms with van der Waals surface area (Å²) in [5.41, 5.74) is 0.444. The number of carbonyl (C=O) groups excluding carboxylic acids is 2. The molecule has 2 N–H and O–H groups in total. The predicted octanol–water partition coefficient (Wildman–Crippen LogP) is 1.14. The lowest BCUT2D eigenvalue weighted by molar-refractivity contribution is -0.116. The van der Waals surface area contributed by atoms with E-state index in [4.69, 9.17) is 0 Å². The number of hydrogen-bond donors (Lipinski definition) is 2. The summed E-state index contributed by atoms with van der Waals surface area (Å²) < 4.78 is 26.3. The van der Waals surface area contributed by atoms with Gasteiger partial charge in [-0.25, -0.2) is 12.7 Å². The van der Waals surface area contributed by atoms with Crippen molar-refractivity contribution in [2.75, 3.05) is 26.7 Å². The van der Waals surface area contributed by atoms with Crippen LogP contribution in [-0.4, -0.2) is 51.2 Å². The van der Waals surface area contributed by atoms with E-state index in [0.717, 1.165) is 12.8 Å². The molecule has 0 bridgehead atoms. The molecule has 1 fully saturated rings. The Balaban J connectivity index is 1.89. The molecule has 0 atom stereocenters. The highest BCUT2D eigenvalue weighted by atomic mass is 32.2. The van der Waals surface area contributed by atoms with E-state index in [2.05, 4.69) is 17.2 Å². The predicted molar refractivity (Wildman–Crippen MR) is 99.1 cm³/mol. The molecule has 0 spiro atoms. The van der Waals surface area contributed by atoms with Crippen LogP contribution in [0.3, 0.4) is 0 Å². The summed E-state index contributed by atoms with van der Waals surface area (Å²) in [4.78, 5) is 23.2. The van der Waals surface area contributed by atoms with Gasteiger partial charge in [0.05, 0.1) is 4.90 Å². The first-order chi connectivity index (χ1) is 12.3. The second kappa shape index (κ2) is 8.95. The molecule has 8 heteroatoms. The molecule has 0 aromatic heterocycles. The van der Waals surface area contributed by atoms with Gasteiger partial charge in [0.15, 0.2) is 0 Å². The Hall–Kier alpha value is -2.19. The molecule has 2 rings (SSSR count). The first kappa shape index (κ1) is 20.1. The second-order valence-corrected chi connectivity index (χ2v) is 8.40. The highest BCUT2D eigenvalue weighted by Gasteiger charge is 2.23. The maximum atomic E-state index is 12.5. The molecule has 26 heavy (non-hydrogen) atoms. The van der Waals surface area contributed by atoms with E-state index in [1.807, 2.05) is 0 Å².